The van der Waals surface area contributed by atoms with Gasteiger partial charge in [0.25, 0.3) is 0 Å². The van der Waals surface area contributed by atoms with E-state index in [2.05, 4.69) is 10.6 Å². The van der Waals surface area contributed by atoms with E-state index in [4.69, 9.17) is 10.5 Å². The molecule has 0 aliphatic heterocycles. The maximum Gasteiger partial charge on any atom is 0.408 e. The van der Waals surface area contributed by atoms with Crippen molar-refractivity contribution in [3.05, 3.63) is 34.9 Å². The zero-order valence-electron chi connectivity index (χ0n) is 24.9. The van der Waals surface area contributed by atoms with Crippen molar-refractivity contribution in [2.24, 2.45) is 5.73 Å². The Balaban J connectivity index is 3.77. The summed E-state index contributed by atoms with van der Waals surface area (Å²) in [7, 11) is 0. The highest BCUT2D eigenvalue weighted by Gasteiger charge is 2.44. The van der Waals surface area contributed by atoms with Crippen LogP contribution in [-0.4, -0.2) is 51.9 Å². The smallest absolute Gasteiger partial charge is 0.408 e. The summed E-state index contributed by atoms with van der Waals surface area (Å²) in [6.45, 7) is 18.5. The van der Waals surface area contributed by atoms with Crippen molar-refractivity contribution in [2.75, 3.05) is 0 Å². The van der Waals surface area contributed by atoms with Gasteiger partial charge in [0.15, 0.2) is 0 Å². The van der Waals surface area contributed by atoms with E-state index in [-0.39, 0.29) is 11.9 Å². The van der Waals surface area contributed by atoms with Crippen LogP contribution in [0.4, 0.5) is 4.79 Å². The van der Waals surface area contributed by atoms with Gasteiger partial charge < -0.3 is 26.0 Å². The molecule has 38 heavy (non-hydrogen) atoms. The zero-order valence-corrected chi connectivity index (χ0v) is 24.9. The fourth-order valence-corrected chi connectivity index (χ4v) is 4.43. The fraction of sp³-hybridized carbons (Fsp3) is 0.655. The first-order valence-corrected chi connectivity index (χ1v) is 13.4. The fourth-order valence-electron chi connectivity index (χ4n) is 4.43. The lowest BCUT2D eigenvalue weighted by atomic mass is 9.88. The number of primary amides is 1. The number of ether oxygens (including phenoxy) is 1. The average Bonchev–Trinajstić information content (AvgIpc) is 2.75. The van der Waals surface area contributed by atoms with Gasteiger partial charge in [0.2, 0.25) is 17.7 Å². The van der Waals surface area contributed by atoms with Crippen molar-refractivity contribution in [1.29, 1.82) is 0 Å². The number of alkyl carbamates (subject to hydrolysis) is 1. The highest BCUT2D eigenvalue weighted by molar-refractivity contribution is 5.95. The van der Waals surface area contributed by atoms with Crippen LogP contribution in [0, 0.1) is 13.8 Å². The van der Waals surface area contributed by atoms with E-state index in [1.54, 1.807) is 20.8 Å². The minimum Gasteiger partial charge on any atom is -0.444 e. The molecule has 3 atom stereocenters. The van der Waals surface area contributed by atoms with Crippen LogP contribution in [-0.2, 0) is 19.1 Å². The molecule has 9 heteroatoms. The number of nitrogens with one attached hydrogen (secondary N) is 2. The Kier molecular flexibility index (Phi) is 11.8. The summed E-state index contributed by atoms with van der Waals surface area (Å²) >= 11 is 0. The van der Waals surface area contributed by atoms with Crippen LogP contribution in [0.1, 0.15) is 104 Å². The summed E-state index contributed by atoms with van der Waals surface area (Å²) in [5.41, 5.74) is 6.26. The molecule has 3 unspecified atom stereocenters. The molecule has 1 aromatic rings. The van der Waals surface area contributed by atoms with Crippen LogP contribution in [0.15, 0.2) is 18.2 Å². The summed E-state index contributed by atoms with van der Waals surface area (Å²) in [6.07, 6.45) is 0.881. The largest absolute Gasteiger partial charge is 0.444 e. The van der Waals surface area contributed by atoms with Gasteiger partial charge in [0.1, 0.15) is 17.7 Å². The average molecular weight is 533 g/mol. The van der Waals surface area contributed by atoms with Gasteiger partial charge in [-0.3, -0.25) is 14.4 Å². The van der Waals surface area contributed by atoms with Crippen molar-refractivity contribution in [1.82, 2.24) is 15.5 Å². The Morgan fingerprint density at radius 3 is 2.00 bits per heavy atom. The van der Waals surface area contributed by atoms with E-state index in [9.17, 15) is 19.2 Å². The quantitative estimate of drug-likeness (QED) is 0.366. The molecule has 0 aliphatic carbocycles. The maximum atomic E-state index is 14.3. The molecular weight excluding hydrogens is 484 g/mol. The lowest BCUT2D eigenvalue weighted by Crippen LogP contribution is -2.60. The Labute approximate surface area is 228 Å². The minimum absolute atomic E-state index is 0.109. The third-order valence-corrected chi connectivity index (χ3v) is 6.58. The van der Waals surface area contributed by atoms with Crippen molar-refractivity contribution in [3.63, 3.8) is 0 Å². The first-order chi connectivity index (χ1) is 17.4. The second-order valence-electron chi connectivity index (χ2n) is 11.6. The molecule has 9 nitrogen and oxygen atoms in total. The number of benzene rings is 1. The van der Waals surface area contributed by atoms with E-state index in [1.807, 2.05) is 66.7 Å². The Morgan fingerprint density at radius 1 is 1.00 bits per heavy atom. The van der Waals surface area contributed by atoms with Gasteiger partial charge in [0, 0.05) is 11.6 Å². The van der Waals surface area contributed by atoms with Crippen LogP contribution in [0.25, 0.3) is 0 Å². The minimum atomic E-state index is -1.32. The number of carbonyl (C=O) groups is 4. The van der Waals surface area contributed by atoms with Gasteiger partial charge >= 0.3 is 6.09 Å². The van der Waals surface area contributed by atoms with Crippen LogP contribution in [0.5, 0.6) is 0 Å². The number of hydrogen-bond donors (Lipinski definition) is 3. The van der Waals surface area contributed by atoms with E-state index in [0.29, 0.717) is 12.0 Å². The molecule has 0 saturated carbocycles. The second-order valence-corrected chi connectivity index (χ2v) is 11.6. The van der Waals surface area contributed by atoms with Gasteiger partial charge in [-0.25, -0.2) is 4.79 Å². The van der Waals surface area contributed by atoms with Crippen LogP contribution in [0.3, 0.4) is 0 Å². The highest BCUT2D eigenvalue weighted by atomic mass is 16.6. The lowest BCUT2D eigenvalue weighted by Gasteiger charge is -2.45. The molecule has 0 aromatic heterocycles. The number of hydrogen-bond acceptors (Lipinski definition) is 5. The molecular formula is C29H48N4O5. The number of nitrogens with two attached hydrogens (primary N) is 1. The Morgan fingerprint density at radius 2 is 1.55 bits per heavy atom. The summed E-state index contributed by atoms with van der Waals surface area (Å²) < 4.78 is 5.35. The van der Waals surface area contributed by atoms with Crippen molar-refractivity contribution in [2.45, 2.75) is 124 Å². The summed E-state index contributed by atoms with van der Waals surface area (Å²) in [6, 6.07) is 3.27. The van der Waals surface area contributed by atoms with E-state index >= 15 is 0 Å². The number of nitrogens with zero attached hydrogens (tertiary/aromatic N) is 1. The van der Waals surface area contributed by atoms with Crippen LogP contribution >= 0.6 is 0 Å². The third-order valence-electron chi connectivity index (χ3n) is 6.58. The third kappa shape index (κ3) is 9.33. The normalized spacial score (nSPS) is 14.2. The number of amides is 4. The lowest BCUT2D eigenvalue weighted by molar-refractivity contribution is -0.150. The summed E-state index contributed by atoms with van der Waals surface area (Å²) in [4.78, 5) is 54.5. The number of carbonyl (C=O) groups excluding carboxylic acids is 4. The summed E-state index contributed by atoms with van der Waals surface area (Å²) in [5.74, 6) is -1.68. The highest BCUT2D eigenvalue weighted by Crippen LogP contribution is 2.35. The monoisotopic (exact) mass is 532 g/mol. The molecule has 0 fully saturated rings. The molecule has 4 N–H and O–H groups in total. The van der Waals surface area contributed by atoms with Crippen molar-refractivity contribution >= 4 is 23.8 Å². The topological polar surface area (TPSA) is 131 Å². The van der Waals surface area contributed by atoms with Crippen molar-refractivity contribution < 1.29 is 23.9 Å². The molecule has 4 amide bonds. The molecule has 0 heterocycles. The second kappa shape index (κ2) is 13.6. The Bertz CT molecular complexity index is 979. The molecule has 1 rings (SSSR count). The molecule has 0 aliphatic rings. The van der Waals surface area contributed by atoms with Gasteiger partial charge in [0.05, 0.1) is 6.42 Å². The molecule has 0 saturated heterocycles. The van der Waals surface area contributed by atoms with Gasteiger partial charge in [-0.2, -0.15) is 0 Å². The first kappa shape index (κ1) is 32.9. The van der Waals surface area contributed by atoms with E-state index < -0.39 is 47.6 Å². The van der Waals surface area contributed by atoms with Gasteiger partial charge in [-0.05, 0) is 84.9 Å². The molecule has 0 spiro atoms. The number of aryl methyl sites for hydroxylation is 2. The zero-order chi connectivity index (χ0) is 29.4. The van der Waals surface area contributed by atoms with E-state index in [0.717, 1.165) is 24.0 Å². The SMILES string of the molecule is CCCC(C)NC(=O)C(c1c(C)cccc1C)N(C(=O)C(CC(N)=O)NC(=O)OC(C)(C)C)C(C)(C)CC. The maximum absolute atomic E-state index is 14.3. The van der Waals surface area contributed by atoms with Crippen molar-refractivity contribution in [3.8, 4) is 0 Å². The standard InChI is InChI=1S/C29H48N4O5/c1-11-14-20(5)31-25(35)24(23-18(3)15-13-16-19(23)4)33(29(9,10)12-2)26(36)21(17-22(30)34)32-27(37)38-28(6,7)8/h13,15-16,20-21,24H,11-12,14,17H2,1-10H3,(H2,30,34)(H,31,35)(H,32,37). The van der Waals surface area contributed by atoms with Gasteiger partial charge in [-0.15, -0.1) is 0 Å². The van der Waals surface area contributed by atoms with E-state index in [1.165, 1.54) is 4.90 Å². The Hall–Kier alpha value is -3.10. The predicted octanol–water partition coefficient (Wildman–Crippen LogP) is 4.44. The predicted molar refractivity (Wildman–Crippen MR) is 149 cm³/mol. The number of rotatable bonds is 12. The molecule has 0 radical (unpaired) electrons. The molecule has 1 aromatic carbocycles. The molecule has 0 bridgehead atoms. The van der Waals surface area contributed by atoms with Crippen LogP contribution in [0.2, 0.25) is 0 Å². The van der Waals surface area contributed by atoms with Gasteiger partial charge in [-0.1, -0.05) is 38.5 Å². The summed E-state index contributed by atoms with van der Waals surface area (Å²) in [5, 5.41) is 5.61. The molecule has 214 valence electrons. The van der Waals surface area contributed by atoms with Crippen LogP contribution < -0.4 is 16.4 Å². The first-order valence-electron chi connectivity index (χ1n) is 13.4.